The maximum absolute atomic E-state index is 13.3. The number of nitrogens with zero attached hydrogens (tertiary/aromatic N) is 4. The molecule has 7 nitrogen and oxygen atoms in total. The second kappa shape index (κ2) is 8.73. The number of nitrogens with one attached hydrogen (secondary N) is 1. The second-order valence-electron chi connectivity index (χ2n) is 7.43. The summed E-state index contributed by atoms with van der Waals surface area (Å²) in [6, 6.07) is 22.0. The first-order valence-electron chi connectivity index (χ1n) is 10.2. The molecule has 0 atom stereocenters. The first-order chi connectivity index (χ1) is 16.0. The van der Waals surface area contributed by atoms with E-state index in [1.807, 2.05) is 53.8 Å². The Morgan fingerprint density at radius 2 is 1.73 bits per heavy atom. The highest BCUT2D eigenvalue weighted by Crippen LogP contribution is 2.25. The van der Waals surface area contributed by atoms with E-state index < -0.39 is 0 Å². The maximum atomic E-state index is 13.3. The molecule has 1 amide bonds. The molecule has 2 aromatic heterocycles. The summed E-state index contributed by atoms with van der Waals surface area (Å²) < 4.78 is 3.35. The first-order valence-corrected chi connectivity index (χ1v) is 11.5. The lowest BCUT2D eigenvalue weighted by atomic mass is 10.2. The lowest BCUT2D eigenvalue weighted by molar-refractivity contribution is -0.113. The number of carbonyl (C=O) groups excluding carboxylic acids is 1. The van der Waals surface area contributed by atoms with Crippen molar-refractivity contribution in [2.24, 2.45) is 0 Å². The molecule has 0 spiro atoms. The number of hydrogen-bond acceptors (Lipinski definition) is 5. The molecule has 0 unspecified atom stereocenters. The fourth-order valence-corrected chi connectivity index (χ4v) is 4.50. The molecule has 3 aromatic carbocycles. The van der Waals surface area contributed by atoms with Crippen LogP contribution in [0.4, 0.5) is 5.69 Å². The molecule has 0 aliphatic heterocycles. The van der Waals surface area contributed by atoms with Crippen LogP contribution in [0.5, 0.6) is 0 Å². The summed E-state index contributed by atoms with van der Waals surface area (Å²) in [6.07, 6.45) is 0. The van der Waals surface area contributed by atoms with Gasteiger partial charge in [0.25, 0.3) is 5.56 Å². The number of halogens is 1. The van der Waals surface area contributed by atoms with Gasteiger partial charge in [-0.3, -0.25) is 14.0 Å². The Hall–Kier alpha value is -3.62. The number of carbonyl (C=O) groups is 1. The molecule has 0 bridgehead atoms. The zero-order valence-corrected chi connectivity index (χ0v) is 19.1. The SMILES string of the molecule is Cc1ccc(-n2c(=O)c3ccccc3n3c(SCC(=O)Nc4ccccc4Cl)nnc23)cc1. The van der Waals surface area contributed by atoms with Gasteiger partial charge in [0, 0.05) is 0 Å². The van der Waals surface area contributed by atoms with Crippen molar-refractivity contribution >= 4 is 51.6 Å². The Morgan fingerprint density at radius 3 is 2.52 bits per heavy atom. The van der Waals surface area contributed by atoms with E-state index >= 15 is 0 Å². The van der Waals surface area contributed by atoms with Gasteiger partial charge in [0.05, 0.1) is 33.1 Å². The maximum Gasteiger partial charge on any atom is 0.267 e. The smallest absolute Gasteiger partial charge is 0.267 e. The number of hydrogen-bond donors (Lipinski definition) is 1. The van der Waals surface area contributed by atoms with Gasteiger partial charge < -0.3 is 5.32 Å². The fraction of sp³-hybridized carbons (Fsp3) is 0.0833. The lowest BCUT2D eigenvalue weighted by Gasteiger charge is -2.11. The average Bonchev–Trinajstić information content (AvgIpc) is 3.24. The molecule has 1 N–H and O–H groups in total. The number of aromatic nitrogens is 4. The predicted molar refractivity (Wildman–Crippen MR) is 132 cm³/mol. The van der Waals surface area contributed by atoms with Crippen LogP contribution in [0.3, 0.4) is 0 Å². The number of aryl methyl sites for hydroxylation is 1. The van der Waals surface area contributed by atoms with Gasteiger partial charge in [-0.15, -0.1) is 10.2 Å². The van der Waals surface area contributed by atoms with Crippen molar-refractivity contribution < 1.29 is 4.79 Å². The van der Waals surface area contributed by atoms with Crippen molar-refractivity contribution in [1.82, 2.24) is 19.2 Å². The molecule has 0 aliphatic carbocycles. The molecule has 0 radical (unpaired) electrons. The molecule has 164 valence electrons. The van der Waals surface area contributed by atoms with Crippen LogP contribution in [0.15, 0.2) is 82.7 Å². The number of benzene rings is 3. The summed E-state index contributed by atoms with van der Waals surface area (Å²) in [7, 11) is 0. The lowest BCUT2D eigenvalue weighted by Crippen LogP contribution is -2.22. The van der Waals surface area contributed by atoms with Gasteiger partial charge in [-0.05, 0) is 43.3 Å². The highest BCUT2D eigenvalue weighted by molar-refractivity contribution is 7.99. The van der Waals surface area contributed by atoms with Gasteiger partial charge in [0.15, 0.2) is 5.16 Å². The fourth-order valence-electron chi connectivity index (χ4n) is 3.58. The molecule has 0 saturated carbocycles. The minimum absolute atomic E-state index is 0.101. The van der Waals surface area contributed by atoms with E-state index in [9.17, 15) is 9.59 Å². The summed E-state index contributed by atoms with van der Waals surface area (Å²) >= 11 is 7.37. The van der Waals surface area contributed by atoms with E-state index in [1.54, 1.807) is 34.9 Å². The number of fused-ring (bicyclic) bond motifs is 3. The molecule has 2 heterocycles. The Labute approximate surface area is 198 Å². The van der Waals surface area contributed by atoms with E-state index in [0.717, 1.165) is 5.56 Å². The average molecular weight is 476 g/mol. The van der Waals surface area contributed by atoms with Crippen LogP contribution in [-0.4, -0.2) is 30.8 Å². The number of thioether (sulfide) groups is 1. The number of amides is 1. The largest absolute Gasteiger partial charge is 0.324 e. The zero-order chi connectivity index (χ0) is 22.9. The van der Waals surface area contributed by atoms with Gasteiger partial charge >= 0.3 is 0 Å². The normalized spacial score (nSPS) is 11.2. The molecule has 0 saturated heterocycles. The van der Waals surface area contributed by atoms with Gasteiger partial charge in [-0.25, -0.2) is 4.57 Å². The Kier molecular flexibility index (Phi) is 5.62. The van der Waals surface area contributed by atoms with Crippen LogP contribution in [0.2, 0.25) is 5.02 Å². The van der Waals surface area contributed by atoms with Crippen LogP contribution in [0.25, 0.3) is 22.4 Å². The van der Waals surface area contributed by atoms with E-state index in [0.29, 0.717) is 38.2 Å². The number of rotatable bonds is 5. The van der Waals surface area contributed by atoms with E-state index in [4.69, 9.17) is 11.6 Å². The van der Waals surface area contributed by atoms with Crippen molar-refractivity contribution in [3.8, 4) is 5.69 Å². The molecule has 33 heavy (non-hydrogen) atoms. The highest BCUT2D eigenvalue weighted by atomic mass is 35.5. The molecular formula is C24H18ClN5O2S. The molecule has 5 rings (SSSR count). The van der Waals surface area contributed by atoms with Crippen molar-refractivity contribution in [2.75, 3.05) is 11.1 Å². The van der Waals surface area contributed by atoms with Gasteiger partial charge in [-0.1, -0.05) is 65.3 Å². The minimum Gasteiger partial charge on any atom is -0.324 e. The summed E-state index contributed by atoms with van der Waals surface area (Å²) in [5.41, 5.74) is 2.84. The monoisotopic (exact) mass is 475 g/mol. The number of anilines is 1. The third-order valence-electron chi connectivity index (χ3n) is 5.17. The molecule has 0 aliphatic rings. The van der Waals surface area contributed by atoms with E-state index in [1.165, 1.54) is 11.8 Å². The van der Waals surface area contributed by atoms with Crippen molar-refractivity contribution in [3.05, 3.63) is 93.7 Å². The summed E-state index contributed by atoms with van der Waals surface area (Å²) in [4.78, 5) is 25.9. The highest BCUT2D eigenvalue weighted by Gasteiger charge is 2.18. The van der Waals surface area contributed by atoms with E-state index in [2.05, 4.69) is 15.5 Å². The van der Waals surface area contributed by atoms with Crippen LogP contribution in [0, 0.1) is 6.92 Å². The number of para-hydroxylation sites is 2. The van der Waals surface area contributed by atoms with Crippen LogP contribution >= 0.6 is 23.4 Å². The molecule has 9 heteroatoms. The van der Waals surface area contributed by atoms with Crippen LogP contribution < -0.4 is 10.9 Å². The van der Waals surface area contributed by atoms with Crippen molar-refractivity contribution in [3.63, 3.8) is 0 Å². The van der Waals surface area contributed by atoms with Crippen LogP contribution in [0.1, 0.15) is 5.56 Å². The Bertz CT molecular complexity index is 1560. The standard InChI is InChI=1S/C24H18ClN5O2S/c1-15-10-12-16(13-11-15)29-22(32)17-6-2-5-9-20(17)30-23(29)27-28-24(30)33-14-21(31)26-19-8-4-3-7-18(19)25/h2-13H,14H2,1H3,(H,26,31). The van der Waals surface area contributed by atoms with Gasteiger partial charge in [-0.2, -0.15) is 0 Å². The van der Waals surface area contributed by atoms with E-state index in [-0.39, 0.29) is 17.2 Å². The quantitative estimate of drug-likeness (QED) is 0.372. The van der Waals surface area contributed by atoms with Gasteiger partial charge in [0.1, 0.15) is 0 Å². The predicted octanol–water partition coefficient (Wildman–Crippen LogP) is 4.73. The topological polar surface area (TPSA) is 81.3 Å². The molecule has 5 aromatic rings. The molecular weight excluding hydrogens is 458 g/mol. The third kappa shape index (κ3) is 3.99. The first kappa shape index (κ1) is 21.2. The van der Waals surface area contributed by atoms with Gasteiger partial charge in [0.2, 0.25) is 11.7 Å². The Balaban J connectivity index is 1.56. The second-order valence-corrected chi connectivity index (χ2v) is 8.78. The molecule has 0 fully saturated rings. The minimum atomic E-state index is -0.221. The summed E-state index contributed by atoms with van der Waals surface area (Å²) in [6.45, 7) is 1.99. The van der Waals surface area contributed by atoms with Crippen molar-refractivity contribution in [2.45, 2.75) is 12.1 Å². The summed E-state index contributed by atoms with van der Waals surface area (Å²) in [5, 5.41) is 12.9. The van der Waals surface area contributed by atoms with Crippen LogP contribution in [-0.2, 0) is 4.79 Å². The summed E-state index contributed by atoms with van der Waals surface area (Å²) in [5.74, 6) is 0.266. The van der Waals surface area contributed by atoms with Crippen molar-refractivity contribution in [1.29, 1.82) is 0 Å². The third-order valence-corrected chi connectivity index (χ3v) is 6.43. The zero-order valence-electron chi connectivity index (χ0n) is 17.5. The Morgan fingerprint density at radius 1 is 1.00 bits per heavy atom.